The number of carboxylic acids is 1. The molecule has 2 heterocycles. The third kappa shape index (κ3) is 5.54. The van der Waals surface area contributed by atoms with Crippen molar-refractivity contribution in [2.24, 2.45) is 0 Å². The maximum atomic E-state index is 12.9. The van der Waals surface area contributed by atoms with Crippen molar-refractivity contribution in [1.82, 2.24) is 19.7 Å². The summed E-state index contributed by atoms with van der Waals surface area (Å²) in [5.41, 5.74) is 3.04. The van der Waals surface area contributed by atoms with Gasteiger partial charge in [0.05, 0.1) is 12.0 Å². The first kappa shape index (κ1) is 24.9. The number of aromatic nitrogens is 4. The van der Waals surface area contributed by atoms with E-state index in [4.69, 9.17) is 0 Å². The quantitative estimate of drug-likeness (QED) is 0.278. The fraction of sp³-hybridized carbons (Fsp3) is 0.154. The fourth-order valence-electron chi connectivity index (χ4n) is 3.55. The molecule has 0 fully saturated rings. The van der Waals surface area contributed by atoms with Gasteiger partial charge in [0.1, 0.15) is 18.0 Å². The van der Waals surface area contributed by atoms with Crippen LogP contribution < -0.4 is 16.0 Å². The van der Waals surface area contributed by atoms with E-state index in [0.717, 1.165) is 11.1 Å². The van der Waals surface area contributed by atoms with Crippen LogP contribution in [0.15, 0.2) is 60.9 Å². The highest BCUT2D eigenvalue weighted by Crippen LogP contribution is 2.27. The lowest BCUT2D eigenvalue weighted by Crippen LogP contribution is -2.13. The Kier molecular flexibility index (Phi) is 7.11. The number of benzene rings is 2. The van der Waals surface area contributed by atoms with Gasteiger partial charge in [-0.05, 0) is 49.2 Å². The van der Waals surface area contributed by atoms with E-state index >= 15 is 0 Å². The number of carbonyl (C=O) groups excluding carboxylic acids is 1. The van der Waals surface area contributed by atoms with Gasteiger partial charge in [0.15, 0.2) is 11.5 Å². The molecular formula is C26H24N8O3. The van der Waals surface area contributed by atoms with Crippen LogP contribution in [0.3, 0.4) is 0 Å². The fourth-order valence-corrected chi connectivity index (χ4v) is 3.55. The molecule has 37 heavy (non-hydrogen) atoms. The maximum absolute atomic E-state index is 12.9. The molecule has 0 aliphatic carbocycles. The Morgan fingerprint density at radius 2 is 1.92 bits per heavy atom. The van der Waals surface area contributed by atoms with E-state index in [1.807, 2.05) is 19.1 Å². The topological polar surface area (TPSA) is 158 Å². The third-order valence-corrected chi connectivity index (χ3v) is 5.65. The van der Waals surface area contributed by atoms with Crippen molar-refractivity contribution in [2.75, 3.05) is 23.0 Å². The Hall–Kier alpha value is -5.24. The molecule has 1 amide bonds. The Balaban J connectivity index is 1.63. The molecule has 0 saturated carbocycles. The molecule has 0 bridgehead atoms. The van der Waals surface area contributed by atoms with Crippen molar-refractivity contribution >= 4 is 34.9 Å². The standard InChI is InChI=1S/C26H24N8O3/c1-15-7-8-19(31-25(35)18-6-4-5-17(9-18)16(2)13-27)10-20(15)32-24-11-21(26(36)37)33-34(24)23-12-22(28-3)29-14-30-23/h4-12,14,16,32H,1-3H3,(H,31,35)(H,36,37)(H,28,29,30). The van der Waals surface area contributed by atoms with Crippen molar-refractivity contribution in [3.63, 3.8) is 0 Å². The first-order valence-corrected chi connectivity index (χ1v) is 11.3. The molecule has 0 radical (unpaired) electrons. The van der Waals surface area contributed by atoms with E-state index in [2.05, 4.69) is 37.1 Å². The van der Waals surface area contributed by atoms with Gasteiger partial charge in [0.25, 0.3) is 5.91 Å². The normalized spacial score (nSPS) is 11.3. The molecule has 11 nitrogen and oxygen atoms in total. The maximum Gasteiger partial charge on any atom is 0.356 e. The van der Waals surface area contributed by atoms with Crippen LogP contribution in [0.2, 0.25) is 0 Å². The second-order valence-electron chi connectivity index (χ2n) is 8.23. The molecule has 1 unspecified atom stereocenters. The van der Waals surface area contributed by atoms with Crippen LogP contribution >= 0.6 is 0 Å². The number of rotatable bonds is 8. The summed E-state index contributed by atoms with van der Waals surface area (Å²) in [6.07, 6.45) is 1.35. The number of nitrogens with zero attached hydrogens (tertiary/aromatic N) is 5. The number of aromatic carboxylic acids is 1. The number of carbonyl (C=O) groups is 2. The number of nitrogens with one attached hydrogen (secondary N) is 3. The van der Waals surface area contributed by atoms with Crippen molar-refractivity contribution in [1.29, 1.82) is 5.26 Å². The van der Waals surface area contributed by atoms with Gasteiger partial charge >= 0.3 is 5.97 Å². The zero-order chi connectivity index (χ0) is 26.5. The smallest absolute Gasteiger partial charge is 0.356 e. The van der Waals surface area contributed by atoms with Gasteiger partial charge in [-0.15, -0.1) is 0 Å². The Labute approximate surface area is 212 Å². The summed E-state index contributed by atoms with van der Waals surface area (Å²) in [6.45, 7) is 3.65. The van der Waals surface area contributed by atoms with Crippen LogP contribution in [0, 0.1) is 18.3 Å². The largest absolute Gasteiger partial charge is 0.476 e. The summed E-state index contributed by atoms with van der Waals surface area (Å²) in [5.74, 6) is -0.568. The second kappa shape index (κ2) is 10.6. The zero-order valence-electron chi connectivity index (χ0n) is 20.4. The van der Waals surface area contributed by atoms with Gasteiger partial charge in [0.2, 0.25) is 0 Å². The van der Waals surface area contributed by atoms with Gasteiger partial charge < -0.3 is 21.1 Å². The van der Waals surface area contributed by atoms with Crippen LogP contribution in [-0.2, 0) is 0 Å². The number of nitriles is 1. The van der Waals surface area contributed by atoms with E-state index in [1.165, 1.54) is 17.1 Å². The predicted molar refractivity (Wildman–Crippen MR) is 139 cm³/mol. The Bertz CT molecular complexity index is 1520. The minimum atomic E-state index is -1.18. The summed E-state index contributed by atoms with van der Waals surface area (Å²) < 4.78 is 1.37. The molecule has 4 rings (SSSR count). The summed E-state index contributed by atoms with van der Waals surface area (Å²) >= 11 is 0. The predicted octanol–water partition coefficient (Wildman–Crippen LogP) is 4.33. The van der Waals surface area contributed by atoms with Gasteiger partial charge in [-0.3, -0.25) is 4.79 Å². The summed E-state index contributed by atoms with van der Waals surface area (Å²) in [7, 11) is 1.71. The van der Waals surface area contributed by atoms with E-state index < -0.39 is 5.97 Å². The minimum absolute atomic E-state index is 0.166. The summed E-state index contributed by atoms with van der Waals surface area (Å²) in [5, 5.41) is 31.8. The first-order valence-electron chi connectivity index (χ1n) is 11.3. The highest BCUT2D eigenvalue weighted by molar-refractivity contribution is 6.04. The van der Waals surface area contributed by atoms with E-state index in [0.29, 0.717) is 34.4 Å². The lowest BCUT2D eigenvalue weighted by molar-refractivity contribution is 0.0689. The molecule has 0 aliphatic heterocycles. The van der Waals surface area contributed by atoms with Crippen LogP contribution in [0.5, 0.6) is 0 Å². The monoisotopic (exact) mass is 496 g/mol. The zero-order valence-corrected chi connectivity index (χ0v) is 20.4. The van der Waals surface area contributed by atoms with E-state index in [-0.39, 0.29) is 17.5 Å². The molecular weight excluding hydrogens is 472 g/mol. The van der Waals surface area contributed by atoms with E-state index in [9.17, 15) is 20.0 Å². The number of anilines is 4. The molecule has 1 atom stereocenters. The number of hydrogen-bond acceptors (Lipinski definition) is 8. The second-order valence-corrected chi connectivity index (χ2v) is 8.23. The molecule has 0 aliphatic rings. The highest BCUT2D eigenvalue weighted by Gasteiger charge is 2.17. The van der Waals surface area contributed by atoms with Crippen LogP contribution in [0.4, 0.5) is 23.0 Å². The number of carboxylic acid groups (broad SMARTS) is 1. The number of amides is 1. The molecule has 2 aromatic heterocycles. The van der Waals surface area contributed by atoms with Gasteiger partial charge in [-0.25, -0.2) is 14.8 Å². The SMILES string of the molecule is CNc1cc(-n2nc(C(=O)O)cc2Nc2cc(NC(=O)c3cccc(C(C)C#N)c3)ccc2C)ncn1. The molecule has 4 N–H and O–H groups in total. The molecule has 2 aromatic carbocycles. The number of aryl methyl sites for hydroxylation is 1. The van der Waals surface area contributed by atoms with Gasteiger partial charge in [-0.1, -0.05) is 18.2 Å². The highest BCUT2D eigenvalue weighted by atomic mass is 16.4. The van der Waals surface area contributed by atoms with Crippen LogP contribution in [-0.4, -0.2) is 43.8 Å². The molecule has 11 heteroatoms. The van der Waals surface area contributed by atoms with Crippen LogP contribution in [0.1, 0.15) is 44.8 Å². The average molecular weight is 497 g/mol. The Morgan fingerprint density at radius 1 is 1.11 bits per heavy atom. The molecule has 0 saturated heterocycles. The lowest BCUT2D eigenvalue weighted by Gasteiger charge is -2.14. The summed E-state index contributed by atoms with van der Waals surface area (Å²) in [4.78, 5) is 32.8. The third-order valence-electron chi connectivity index (χ3n) is 5.65. The number of hydrogen-bond donors (Lipinski definition) is 4. The minimum Gasteiger partial charge on any atom is -0.476 e. The molecule has 4 aromatic rings. The first-order chi connectivity index (χ1) is 17.8. The summed E-state index contributed by atoms with van der Waals surface area (Å²) in [6, 6.07) is 17.5. The van der Waals surface area contributed by atoms with Crippen molar-refractivity contribution in [2.45, 2.75) is 19.8 Å². The van der Waals surface area contributed by atoms with Gasteiger partial charge in [-0.2, -0.15) is 15.0 Å². The molecule has 186 valence electrons. The molecule has 0 spiro atoms. The van der Waals surface area contributed by atoms with Crippen molar-refractivity contribution in [3.05, 3.63) is 83.3 Å². The van der Waals surface area contributed by atoms with E-state index in [1.54, 1.807) is 50.4 Å². The Morgan fingerprint density at radius 3 is 2.65 bits per heavy atom. The van der Waals surface area contributed by atoms with Crippen molar-refractivity contribution in [3.8, 4) is 11.9 Å². The van der Waals surface area contributed by atoms with Gasteiger partial charge in [0, 0.05) is 36.1 Å². The lowest BCUT2D eigenvalue weighted by atomic mass is 10.0. The van der Waals surface area contributed by atoms with Crippen molar-refractivity contribution < 1.29 is 14.7 Å². The average Bonchev–Trinajstić information content (AvgIpc) is 3.34. The van der Waals surface area contributed by atoms with Crippen LogP contribution in [0.25, 0.3) is 5.82 Å².